The summed E-state index contributed by atoms with van der Waals surface area (Å²) in [4.78, 5) is 24.2. The second-order valence-corrected chi connectivity index (χ2v) is 12.2. The second-order valence-electron chi connectivity index (χ2n) is 12.2. The van der Waals surface area contributed by atoms with E-state index in [9.17, 15) is 14.7 Å². The van der Waals surface area contributed by atoms with Crippen LogP contribution in [-0.2, 0) is 14.3 Å². The van der Waals surface area contributed by atoms with E-state index < -0.39 is 11.9 Å². The molecular formula is C32H54O4. The lowest BCUT2D eigenvalue weighted by Crippen LogP contribution is -2.33. The highest BCUT2D eigenvalue weighted by atomic mass is 16.5. The second kappa shape index (κ2) is 16.5. The minimum Gasteiger partial charge on any atom is -0.481 e. The van der Waals surface area contributed by atoms with Gasteiger partial charge >= 0.3 is 11.9 Å². The van der Waals surface area contributed by atoms with Gasteiger partial charge in [0.05, 0.1) is 12.3 Å². The normalized spacial score (nSPS) is 27.5. The number of allylic oxidation sites excluding steroid dienone is 2. The van der Waals surface area contributed by atoms with Gasteiger partial charge in [-0.05, 0) is 68.6 Å². The third kappa shape index (κ3) is 9.53. The van der Waals surface area contributed by atoms with Gasteiger partial charge in [0.25, 0.3) is 0 Å². The Bertz CT molecular complexity index is 671. The van der Waals surface area contributed by atoms with Crippen molar-refractivity contribution in [2.75, 3.05) is 0 Å². The van der Waals surface area contributed by atoms with Gasteiger partial charge in [-0.25, -0.2) is 0 Å². The molecule has 3 saturated carbocycles. The summed E-state index contributed by atoms with van der Waals surface area (Å²) < 4.78 is 5.84. The van der Waals surface area contributed by atoms with Crippen molar-refractivity contribution in [3.05, 3.63) is 12.2 Å². The van der Waals surface area contributed by atoms with Gasteiger partial charge in [0.1, 0.15) is 6.10 Å². The summed E-state index contributed by atoms with van der Waals surface area (Å²) in [6, 6.07) is 0. The van der Waals surface area contributed by atoms with E-state index in [1.54, 1.807) is 0 Å². The first kappa shape index (κ1) is 29.2. The summed E-state index contributed by atoms with van der Waals surface area (Å²) in [6.45, 7) is 2.27. The number of ether oxygens (including phenoxy) is 1. The molecule has 6 atom stereocenters. The van der Waals surface area contributed by atoms with Crippen LogP contribution in [0.15, 0.2) is 12.2 Å². The van der Waals surface area contributed by atoms with Crippen LogP contribution in [0, 0.1) is 29.6 Å². The Kier molecular flexibility index (Phi) is 13.4. The van der Waals surface area contributed by atoms with Crippen LogP contribution >= 0.6 is 0 Å². The summed E-state index contributed by atoms with van der Waals surface area (Å²) in [7, 11) is 0. The molecular weight excluding hydrogens is 448 g/mol. The van der Waals surface area contributed by atoms with Crippen molar-refractivity contribution in [3.8, 4) is 0 Å². The molecule has 3 rings (SSSR count). The van der Waals surface area contributed by atoms with Gasteiger partial charge in [0.15, 0.2) is 0 Å². The minimum atomic E-state index is -0.888. The van der Waals surface area contributed by atoms with E-state index in [1.165, 1.54) is 109 Å². The van der Waals surface area contributed by atoms with Crippen molar-refractivity contribution in [1.82, 2.24) is 0 Å². The van der Waals surface area contributed by atoms with Crippen LogP contribution in [-0.4, -0.2) is 23.1 Å². The Morgan fingerprint density at radius 3 is 2.06 bits per heavy atom. The molecule has 0 radical (unpaired) electrons. The summed E-state index contributed by atoms with van der Waals surface area (Å²) in [5.74, 6) is 1.04. The number of aliphatic carboxylic acids is 1. The van der Waals surface area contributed by atoms with Crippen LogP contribution < -0.4 is 0 Å². The molecule has 206 valence electrons. The fraction of sp³-hybridized carbons (Fsp3) is 0.875. The third-order valence-corrected chi connectivity index (χ3v) is 9.47. The lowest BCUT2D eigenvalue weighted by Gasteiger charge is -2.31. The van der Waals surface area contributed by atoms with Crippen molar-refractivity contribution in [1.29, 1.82) is 0 Å². The van der Waals surface area contributed by atoms with Crippen LogP contribution in [0.4, 0.5) is 0 Å². The zero-order chi connectivity index (χ0) is 25.6. The monoisotopic (exact) mass is 502 g/mol. The Balaban J connectivity index is 1.17. The van der Waals surface area contributed by atoms with Crippen molar-refractivity contribution in [3.63, 3.8) is 0 Å². The van der Waals surface area contributed by atoms with Crippen molar-refractivity contribution in [2.45, 2.75) is 148 Å². The lowest BCUT2D eigenvalue weighted by atomic mass is 9.80. The molecule has 0 heterocycles. The molecule has 36 heavy (non-hydrogen) atoms. The molecule has 0 aromatic carbocycles. The van der Waals surface area contributed by atoms with Crippen molar-refractivity contribution in [2.24, 2.45) is 29.6 Å². The smallest absolute Gasteiger partial charge is 0.307 e. The maximum absolute atomic E-state index is 12.5. The Morgan fingerprint density at radius 1 is 0.806 bits per heavy atom. The van der Waals surface area contributed by atoms with E-state index in [1.807, 2.05) is 6.08 Å². The van der Waals surface area contributed by atoms with E-state index >= 15 is 0 Å². The van der Waals surface area contributed by atoms with E-state index in [0.29, 0.717) is 12.3 Å². The number of carboxylic acid groups (broad SMARTS) is 1. The standard InChI is InChI=1S/C32H54O4/c1-2-3-4-5-6-7-8-9-10-11-12-13-14-15-16-17-19-25(32(34)35)24-31(33)36-30-23-26-22-29(30)28-21-18-20-27(26)28/h16-17,25-30H,2-15,18-24H2,1H3,(H,34,35)/b17-16+. The first-order valence-electron chi connectivity index (χ1n) is 15.7. The number of fused-ring (bicyclic) bond motifs is 5. The average Bonchev–Trinajstić information content (AvgIpc) is 3.57. The lowest BCUT2D eigenvalue weighted by molar-refractivity contribution is -0.158. The van der Waals surface area contributed by atoms with E-state index in [4.69, 9.17) is 4.74 Å². The van der Waals surface area contributed by atoms with Crippen LogP contribution in [0.2, 0.25) is 0 Å². The largest absolute Gasteiger partial charge is 0.481 e. The molecule has 3 aliphatic rings. The molecule has 2 bridgehead atoms. The maximum atomic E-state index is 12.5. The quantitative estimate of drug-likeness (QED) is 0.103. The topological polar surface area (TPSA) is 63.6 Å². The van der Waals surface area contributed by atoms with E-state index in [2.05, 4.69) is 13.0 Å². The molecule has 0 aromatic rings. The minimum absolute atomic E-state index is 0.000392. The molecule has 1 N–H and O–H groups in total. The maximum Gasteiger partial charge on any atom is 0.307 e. The van der Waals surface area contributed by atoms with Gasteiger partial charge in [-0.15, -0.1) is 0 Å². The Labute approximate surface area is 221 Å². The van der Waals surface area contributed by atoms with E-state index in [-0.39, 0.29) is 18.5 Å². The summed E-state index contributed by atoms with van der Waals surface area (Å²) >= 11 is 0. The van der Waals surface area contributed by atoms with Crippen LogP contribution in [0.5, 0.6) is 0 Å². The SMILES string of the molecule is CCCCCCCCCCCCCCC/C=C/CC(CC(=O)OC1CC2CC1C1CCCC21)C(=O)O. The highest BCUT2D eigenvalue weighted by molar-refractivity contribution is 5.79. The number of hydrogen-bond acceptors (Lipinski definition) is 3. The Morgan fingerprint density at radius 2 is 1.42 bits per heavy atom. The van der Waals surface area contributed by atoms with Gasteiger partial charge in [-0.2, -0.15) is 0 Å². The van der Waals surface area contributed by atoms with Crippen LogP contribution in [0.25, 0.3) is 0 Å². The molecule has 0 saturated heterocycles. The van der Waals surface area contributed by atoms with Crippen LogP contribution in [0.3, 0.4) is 0 Å². The molecule has 0 amide bonds. The fourth-order valence-electron chi connectivity index (χ4n) is 7.49. The number of carbonyl (C=O) groups is 2. The molecule has 6 unspecified atom stereocenters. The van der Waals surface area contributed by atoms with Crippen molar-refractivity contribution < 1.29 is 19.4 Å². The molecule has 0 spiro atoms. The third-order valence-electron chi connectivity index (χ3n) is 9.47. The van der Waals surface area contributed by atoms with Crippen molar-refractivity contribution >= 4 is 11.9 Å². The summed E-state index contributed by atoms with van der Waals surface area (Å²) in [5, 5.41) is 9.60. The first-order valence-corrected chi connectivity index (χ1v) is 15.7. The number of unbranched alkanes of at least 4 members (excludes halogenated alkanes) is 13. The molecule has 0 aliphatic heterocycles. The highest BCUT2D eigenvalue weighted by Crippen LogP contribution is 2.59. The number of esters is 1. The Hall–Kier alpha value is -1.32. The zero-order valence-corrected chi connectivity index (χ0v) is 23.1. The van der Waals surface area contributed by atoms with Gasteiger partial charge in [0, 0.05) is 0 Å². The molecule has 4 heteroatoms. The molecule has 0 aromatic heterocycles. The zero-order valence-electron chi connectivity index (χ0n) is 23.1. The summed E-state index contributed by atoms with van der Waals surface area (Å²) in [6.07, 6.45) is 29.3. The predicted molar refractivity (Wildman–Crippen MR) is 147 cm³/mol. The number of carbonyl (C=O) groups excluding carboxylic acids is 1. The summed E-state index contributed by atoms with van der Waals surface area (Å²) in [5.41, 5.74) is 0. The van der Waals surface area contributed by atoms with Gasteiger partial charge in [-0.1, -0.05) is 103 Å². The van der Waals surface area contributed by atoms with Gasteiger partial charge in [-0.3, -0.25) is 9.59 Å². The highest BCUT2D eigenvalue weighted by Gasteiger charge is 2.55. The first-order chi connectivity index (χ1) is 17.6. The average molecular weight is 503 g/mol. The fourth-order valence-corrected chi connectivity index (χ4v) is 7.49. The molecule has 4 nitrogen and oxygen atoms in total. The number of carboxylic acids is 1. The molecule has 3 fully saturated rings. The number of hydrogen-bond donors (Lipinski definition) is 1. The van der Waals surface area contributed by atoms with Gasteiger partial charge < -0.3 is 9.84 Å². The molecule has 3 aliphatic carbocycles. The van der Waals surface area contributed by atoms with Crippen LogP contribution in [0.1, 0.15) is 142 Å². The van der Waals surface area contributed by atoms with Gasteiger partial charge in [0.2, 0.25) is 0 Å². The predicted octanol–water partition coefficient (Wildman–Crippen LogP) is 8.87. The number of rotatable bonds is 20. The van der Waals surface area contributed by atoms with E-state index in [0.717, 1.165) is 30.6 Å².